The maximum absolute atomic E-state index is 8.59. The molecule has 2 aliphatic rings. The first-order valence-corrected chi connectivity index (χ1v) is 13.1. The number of nitrogens with zero attached hydrogens (tertiary/aromatic N) is 2. The Bertz CT molecular complexity index is 1300. The van der Waals surface area contributed by atoms with E-state index in [1.807, 2.05) is 60.7 Å². The molecule has 0 aliphatic heterocycles. The van der Waals surface area contributed by atoms with E-state index in [1.165, 1.54) is 44.0 Å². The van der Waals surface area contributed by atoms with E-state index in [9.17, 15) is 0 Å². The lowest BCUT2D eigenvalue weighted by atomic mass is 9.82. The first-order valence-electron chi connectivity index (χ1n) is 12.3. The van der Waals surface area contributed by atoms with Gasteiger partial charge < -0.3 is 31.0 Å². The summed E-state index contributed by atoms with van der Waals surface area (Å²) in [6.07, 6.45) is 8.80. The number of aromatic nitrogens is 2. The van der Waals surface area contributed by atoms with Crippen LogP contribution in [0.5, 0.6) is 11.5 Å². The number of halogens is 1. The first kappa shape index (κ1) is 27.4. The molecule has 0 spiro atoms. The summed E-state index contributed by atoms with van der Waals surface area (Å²) in [7, 11) is -1.46. The monoisotopic (exact) mass is 576 g/mol. The fourth-order valence-electron chi connectivity index (χ4n) is 3.19. The van der Waals surface area contributed by atoms with Crippen molar-refractivity contribution in [1.82, 2.24) is 9.97 Å². The molecule has 38 heavy (non-hydrogen) atoms. The van der Waals surface area contributed by atoms with Crippen molar-refractivity contribution in [3.05, 3.63) is 89.7 Å². The number of ether oxygens (including phenoxy) is 2. The molecule has 196 valence electrons. The van der Waals surface area contributed by atoms with E-state index in [0.29, 0.717) is 29.3 Å². The average molecular weight is 577 g/mol. The molecule has 10 heteroatoms. The van der Waals surface area contributed by atoms with E-state index in [1.54, 1.807) is 6.20 Å². The van der Waals surface area contributed by atoms with Gasteiger partial charge in [-0.25, -0.2) is 9.97 Å². The van der Waals surface area contributed by atoms with Crippen molar-refractivity contribution < 1.29 is 19.5 Å². The molecule has 0 amide bonds. The zero-order valence-electron chi connectivity index (χ0n) is 20.8. The molecule has 2 aliphatic carbocycles. The third kappa shape index (κ3) is 9.37. The van der Waals surface area contributed by atoms with Crippen molar-refractivity contribution in [1.29, 1.82) is 0 Å². The Morgan fingerprint density at radius 2 is 1.29 bits per heavy atom. The highest BCUT2D eigenvalue weighted by molar-refractivity contribution is 9.10. The molecule has 8 nitrogen and oxygen atoms in total. The molecule has 2 heterocycles. The number of nitrogen functional groups attached to an aromatic ring is 2. The number of nitrogens with two attached hydrogens (primary N) is 2. The summed E-state index contributed by atoms with van der Waals surface area (Å²) in [5.41, 5.74) is 13.3. The zero-order chi connectivity index (χ0) is 26.9. The van der Waals surface area contributed by atoms with E-state index in [-0.39, 0.29) is 0 Å². The van der Waals surface area contributed by atoms with Crippen LogP contribution in [-0.2, 0) is 0 Å². The quantitative estimate of drug-likeness (QED) is 0.251. The highest BCUT2D eigenvalue weighted by atomic mass is 79.9. The van der Waals surface area contributed by atoms with Gasteiger partial charge in [0.05, 0.1) is 12.2 Å². The molecule has 2 fully saturated rings. The van der Waals surface area contributed by atoms with Gasteiger partial charge in [-0.3, -0.25) is 0 Å². The predicted octanol–water partition coefficient (Wildman–Crippen LogP) is 4.21. The van der Waals surface area contributed by atoms with Crippen LogP contribution in [0.2, 0.25) is 0 Å². The first-order chi connectivity index (χ1) is 18.4. The van der Waals surface area contributed by atoms with E-state index < -0.39 is 7.12 Å². The Morgan fingerprint density at radius 1 is 0.711 bits per heavy atom. The summed E-state index contributed by atoms with van der Waals surface area (Å²) < 4.78 is 12.4. The predicted molar refractivity (Wildman–Crippen MR) is 154 cm³/mol. The maximum Gasteiger partial charge on any atom is 0.490 e. The van der Waals surface area contributed by atoms with Crippen LogP contribution in [-0.4, -0.2) is 39.3 Å². The molecule has 0 atom stereocenters. The van der Waals surface area contributed by atoms with Crippen molar-refractivity contribution in [2.24, 2.45) is 0 Å². The fraction of sp³-hybridized carbons (Fsp3) is 0.214. The van der Waals surface area contributed by atoms with E-state index in [4.69, 9.17) is 31.0 Å². The normalized spacial score (nSPS) is 13.8. The van der Waals surface area contributed by atoms with E-state index >= 15 is 0 Å². The molecule has 0 unspecified atom stereocenters. The molecule has 0 radical (unpaired) electrons. The summed E-state index contributed by atoms with van der Waals surface area (Å²) in [5.74, 6) is 2.81. The van der Waals surface area contributed by atoms with Gasteiger partial charge in [0, 0.05) is 27.9 Å². The van der Waals surface area contributed by atoms with Crippen molar-refractivity contribution in [2.75, 3.05) is 11.5 Å². The number of hydrogen-bond acceptors (Lipinski definition) is 8. The molecular formula is C28H30BBrN4O4. The van der Waals surface area contributed by atoms with Crippen LogP contribution < -0.4 is 26.4 Å². The summed E-state index contributed by atoms with van der Waals surface area (Å²) in [6.45, 7) is 0. The number of pyridine rings is 2. The second kappa shape index (κ2) is 13.3. The van der Waals surface area contributed by atoms with E-state index in [2.05, 4.69) is 25.9 Å². The molecule has 2 aromatic carbocycles. The second-order valence-corrected chi connectivity index (χ2v) is 9.90. The van der Waals surface area contributed by atoms with Crippen LogP contribution in [0.3, 0.4) is 0 Å². The third-order valence-electron chi connectivity index (χ3n) is 5.51. The largest absolute Gasteiger partial charge is 0.490 e. The number of hydrogen-bond donors (Lipinski definition) is 4. The standard InChI is InChI=1S/C14H14N2O.C9H9BrO.C5H7BN2O2/c15-14-7-4-11(9-16-14)10-2-1-3-13(8-10)17-12-5-6-12;10-7-2-1-3-9(6-7)11-8-4-5-8;7-5-2-1-4(3-8-5)6(9)10/h1-4,7-9,12H,5-6H2,(H2,15,16);1-3,6,8H,4-5H2;1-3,9-10H,(H2,7,8). The summed E-state index contributed by atoms with van der Waals surface area (Å²) in [6, 6.07) is 22.9. The Hall–Kier alpha value is -3.60. The van der Waals surface area contributed by atoms with Crippen molar-refractivity contribution >= 4 is 40.1 Å². The van der Waals surface area contributed by atoms with Gasteiger partial charge in [0.15, 0.2) is 0 Å². The minimum Gasteiger partial charge on any atom is -0.490 e. The lowest BCUT2D eigenvalue weighted by Crippen LogP contribution is -2.29. The highest BCUT2D eigenvalue weighted by Crippen LogP contribution is 2.30. The Labute approximate surface area is 230 Å². The number of benzene rings is 2. The number of rotatable bonds is 6. The van der Waals surface area contributed by atoms with Crippen LogP contribution >= 0.6 is 15.9 Å². The molecule has 6 rings (SSSR count). The molecule has 0 saturated heterocycles. The number of anilines is 2. The molecule has 2 aromatic heterocycles. The lowest BCUT2D eigenvalue weighted by molar-refractivity contribution is 0.303. The van der Waals surface area contributed by atoms with Crippen LogP contribution in [0.15, 0.2) is 89.7 Å². The molecule has 6 N–H and O–H groups in total. The van der Waals surface area contributed by atoms with Gasteiger partial charge in [-0.1, -0.05) is 40.2 Å². The van der Waals surface area contributed by atoms with Gasteiger partial charge in [0.1, 0.15) is 23.1 Å². The minimum atomic E-state index is -1.46. The zero-order valence-corrected chi connectivity index (χ0v) is 22.4. The average Bonchev–Trinajstić information content (AvgIpc) is 3.84. The highest BCUT2D eigenvalue weighted by Gasteiger charge is 2.24. The van der Waals surface area contributed by atoms with Gasteiger partial charge in [0.2, 0.25) is 0 Å². The van der Waals surface area contributed by atoms with Crippen molar-refractivity contribution in [3.8, 4) is 22.6 Å². The Balaban J connectivity index is 0.000000140. The van der Waals surface area contributed by atoms with Crippen LogP contribution in [0.4, 0.5) is 11.6 Å². The van der Waals surface area contributed by atoms with Crippen LogP contribution in [0, 0.1) is 0 Å². The second-order valence-electron chi connectivity index (χ2n) is 8.98. The molecule has 2 saturated carbocycles. The minimum absolute atomic E-state index is 0.342. The van der Waals surface area contributed by atoms with Gasteiger partial charge in [-0.15, -0.1) is 0 Å². The summed E-state index contributed by atoms with van der Waals surface area (Å²) >= 11 is 3.39. The van der Waals surface area contributed by atoms with Gasteiger partial charge >= 0.3 is 7.12 Å². The fourth-order valence-corrected chi connectivity index (χ4v) is 3.57. The SMILES string of the molecule is Brc1cccc(OC2CC2)c1.Nc1ccc(-c2cccc(OC3CC3)c2)cn1.Nc1ccc(B(O)O)cn1. The van der Waals surface area contributed by atoms with Crippen molar-refractivity contribution in [2.45, 2.75) is 37.9 Å². The molecule has 4 aromatic rings. The van der Waals surface area contributed by atoms with Gasteiger partial charge in [-0.2, -0.15) is 0 Å². The van der Waals surface area contributed by atoms with Crippen molar-refractivity contribution in [3.63, 3.8) is 0 Å². The van der Waals surface area contributed by atoms with Crippen LogP contribution in [0.25, 0.3) is 11.1 Å². The maximum atomic E-state index is 8.59. The molecular weight excluding hydrogens is 547 g/mol. The summed E-state index contributed by atoms with van der Waals surface area (Å²) in [5, 5.41) is 17.2. The topological polar surface area (TPSA) is 137 Å². The Kier molecular flexibility index (Phi) is 9.59. The van der Waals surface area contributed by atoms with E-state index in [0.717, 1.165) is 27.1 Å². The Morgan fingerprint density at radius 3 is 1.79 bits per heavy atom. The third-order valence-corrected chi connectivity index (χ3v) is 6.00. The molecule has 0 bridgehead atoms. The van der Waals surface area contributed by atoms with Gasteiger partial charge in [0.25, 0.3) is 0 Å². The van der Waals surface area contributed by atoms with Gasteiger partial charge in [-0.05, 0) is 79.8 Å². The van der Waals surface area contributed by atoms with Crippen LogP contribution in [0.1, 0.15) is 25.7 Å². The summed E-state index contributed by atoms with van der Waals surface area (Å²) in [4.78, 5) is 7.75. The lowest BCUT2D eigenvalue weighted by Gasteiger charge is -2.07. The smallest absolute Gasteiger partial charge is 0.490 e.